The van der Waals surface area contributed by atoms with Gasteiger partial charge in [0.15, 0.2) is 11.5 Å². The molecule has 3 N–H and O–H groups in total. The molecule has 0 aliphatic heterocycles. The second kappa shape index (κ2) is 11.9. The van der Waals surface area contributed by atoms with Crippen molar-refractivity contribution in [2.75, 3.05) is 12.8 Å². The average Bonchev–Trinajstić information content (AvgIpc) is 2.65. The molecule has 0 bridgehead atoms. The lowest BCUT2D eigenvalue weighted by Gasteiger charge is -2.23. The smallest absolute Gasteiger partial charge is 0.343 e. The molecule has 0 aromatic heterocycles. The number of benzene rings is 2. The molecule has 33 heavy (non-hydrogen) atoms. The maximum Gasteiger partial charge on any atom is 0.343 e. The number of aliphatic hydroxyl groups is 1. The van der Waals surface area contributed by atoms with Crippen LogP contribution >= 0.6 is 0 Å². The Balaban J connectivity index is 0.000000981. The summed E-state index contributed by atoms with van der Waals surface area (Å²) in [5.41, 5.74) is 1.81. The third kappa shape index (κ3) is 12.1. The van der Waals surface area contributed by atoms with Crippen molar-refractivity contribution >= 4 is 22.1 Å². The SMILES string of the molecule is CC(=O)Oc1cc([C@@H](O)CNC(C)(C)C)ccc1OC(=O)c1ccc(C)cc1.CS(=O)(=O)O. The summed E-state index contributed by atoms with van der Waals surface area (Å²) in [6.07, 6.45) is -0.0946. The number of β-amino-alcohol motifs (C(OH)–C–C–N with tert-alkyl or cyclic N) is 1. The van der Waals surface area contributed by atoms with Crippen LogP contribution in [-0.4, -0.2) is 48.4 Å². The molecule has 10 heteroatoms. The Morgan fingerprint density at radius 2 is 1.58 bits per heavy atom. The molecular formula is C23H31NO8S. The molecule has 2 aromatic carbocycles. The number of hydrogen-bond donors (Lipinski definition) is 3. The van der Waals surface area contributed by atoms with Crippen LogP contribution in [0, 0.1) is 6.92 Å². The molecule has 2 aromatic rings. The number of nitrogens with one attached hydrogen (secondary N) is 1. The van der Waals surface area contributed by atoms with E-state index in [1.54, 1.807) is 18.2 Å². The van der Waals surface area contributed by atoms with Gasteiger partial charge >= 0.3 is 11.9 Å². The molecule has 0 saturated heterocycles. The van der Waals surface area contributed by atoms with Crippen molar-refractivity contribution in [3.05, 3.63) is 59.2 Å². The van der Waals surface area contributed by atoms with Crippen LogP contribution in [-0.2, 0) is 14.9 Å². The van der Waals surface area contributed by atoms with Crippen LogP contribution in [0.25, 0.3) is 0 Å². The van der Waals surface area contributed by atoms with E-state index in [1.807, 2.05) is 39.8 Å². The Labute approximate surface area is 194 Å². The Kier molecular flexibility index (Phi) is 10.2. The zero-order valence-electron chi connectivity index (χ0n) is 19.6. The summed E-state index contributed by atoms with van der Waals surface area (Å²) in [6, 6.07) is 11.6. The Hall–Kier alpha value is -2.79. The van der Waals surface area contributed by atoms with E-state index in [-0.39, 0.29) is 17.0 Å². The van der Waals surface area contributed by atoms with Crippen molar-refractivity contribution in [2.45, 2.75) is 46.3 Å². The summed E-state index contributed by atoms with van der Waals surface area (Å²) in [5.74, 6) is -0.913. The fraction of sp³-hybridized carbons (Fsp3) is 0.391. The number of ether oxygens (including phenoxy) is 2. The van der Waals surface area contributed by atoms with Gasteiger partial charge in [0.2, 0.25) is 0 Å². The highest BCUT2D eigenvalue weighted by Gasteiger charge is 2.18. The highest BCUT2D eigenvalue weighted by molar-refractivity contribution is 7.85. The molecule has 0 amide bonds. The predicted molar refractivity (Wildman–Crippen MR) is 124 cm³/mol. The van der Waals surface area contributed by atoms with Crippen LogP contribution in [0.5, 0.6) is 11.5 Å². The first-order chi connectivity index (χ1) is 15.0. The molecule has 9 nitrogen and oxygen atoms in total. The van der Waals surface area contributed by atoms with Gasteiger partial charge in [-0.1, -0.05) is 23.8 Å². The van der Waals surface area contributed by atoms with E-state index in [1.165, 1.54) is 19.1 Å². The average molecular weight is 482 g/mol. The Morgan fingerprint density at radius 1 is 1.03 bits per heavy atom. The zero-order chi connectivity index (χ0) is 25.4. The quantitative estimate of drug-likeness (QED) is 0.323. The van der Waals surface area contributed by atoms with Crippen molar-refractivity contribution in [1.29, 1.82) is 0 Å². The molecule has 0 aliphatic carbocycles. The number of hydrogen-bond acceptors (Lipinski definition) is 8. The molecule has 1 atom stereocenters. The zero-order valence-corrected chi connectivity index (χ0v) is 20.4. The maximum absolute atomic E-state index is 12.4. The number of carbonyl (C=O) groups excluding carboxylic acids is 2. The minimum Gasteiger partial charge on any atom is -0.423 e. The summed E-state index contributed by atoms with van der Waals surface area (Å²) in [4.78, 5) is 23.8. The van der Waals surface area contributed by atoms with Crippen LogP contribution in [0.2, 0.25) is 0 Å². The first-order valence-electron chi connectivity index (χ1n) is 10.0. The Bertz CT molecular complexity index is 1050. The maximum atomic E-state index is 12.4. The van der Waals surface area contributed by atoms with E-state index < -0.39 is 28.2 Å². The fourth-order valence-corrected chi connectivity index (χ4v) is 2.42. The van der Waals surface area contributed by atoms with E-state index in [2.05, 4.69) is 5.32 Å². The highest BCUT2D eigenvalue weighted by Crippen LogP contribution is 2.31. The number of aryl methyl sites for hydroxylation is 1. The number of rotatable bonds is 6. The van der Waals surface area contributed by atoms with Gasteiger partial charge in [0.05, 0.1) is 17.9 Å². The van der Waals surface area contributed by atoms with E-state index in [0.29, 0.717) is 23.9 Å². The minimum absolute atomic E-state index is 0.0836. The van der Waals surface area contributed by atoms with Gasteiger partial charge in [-0.05, 0) is 57.5 Å². The van der Waals surface area contributed by atoms with Crippen LogP contribution in [0.15, 0.2) is 42.5 Å². The summed E-state index contributed by atoms with van der Waals surface area (Å²) < 4.78 is 36.5. The molecule has 182 valence electrons. The van der Waals surface area contributed by atoms with E-state index in [4.69, 9.17) is 14.0 Å². The fourth-order valence-electron chi connectivity index (χ4n) is 2.42. The summed E-state index contributed by atoms with van der Waals surface area (Å²) in [6.45, 7) is 9.50. The third-order valence-corrected chi connectivity index (χ3v) is 3.92. The summed E-state index contributed by atoms with van der Waals surface area (Å²) in [5, 5.41) is 13.6. The molecule has 0 aliphatic rings. The van der Waals surface area contributed by atoms with Gasteiger partial charge in [0.1, 0.15) is 0 Å². The van der Waals surface area contributed by atoms with Crippen molar-refractivity contribution in [3.63, 3.8) is 0 Å². The van der Waals surface area contributed by atoms with Gasteiger partial charge in [-0.15, -0.1) is 0 Å². The lowest BCUT2D eigenvalue weighted by Crippen LogP contribution is -2.38. The van der Waals surface area contributed by atoms with Gasteiger partial charge in [-0.25, -0.2) is 4.79 Å². The van der Waals surface area contributed by atoms with Crippen LogP contribution in [0.3, 0.4) is 0 Å². The van der Waals surface area contributed by atoms with Crippen molar-refractivity contribution in [3.8, 4) is 11.5 Å². The molecule has 0 spiro atoms. The van der Waals surface area contributed by atoms with Crippen molar-refractivity contribution in [1.82, 2.24) is 5.32 Å². The van der Waals surface area contributed by atoms with Crippen molar-refractivity contribution in [2.24, 2.45) is 0 Å². The normalized spacial score (nSPS) is 12.2. The van der Waals surface area contributed by atoms with Gasteiger partial charge < -0.3 is 19.9 Å². The topological polar surface area (TPSA) is 139 Å². The van der Waals surface area contributed by atoms with Crippen molar-refractivity contribution < 1.29 is 37.1 Å². The lowest BCUT2D eigenvalue weighted by atomic mass is 10.1. The van der Waals surface area contributed by atoms with E-state index in [0.717, 1.165) is 5.56 Å². The lowest BCUT2D eigenvalue weighted by molar-refractivity contribution is -0.132. The molecule has 0 fully saturated rings. The second-order valence-corrected chi connectivity index (χ2v) is 9.90. The molecule has 0 radical (unpaired) electrons. The van der Waals surface area contributed by atoms with Crippen LogP contribution in [0.4, 0.5) is 0 Å². The predicted octanol–water partition coefficient (Wildman–Crippen LogP) is 3.07. The summed E-state index contributed by atoms with van der Waals surface area (Å²) in [7, 11) is -3.67. The molecule has 0 heterocycles. The van der Waals surface area contributed by atoms with Gasteiger partial charge in [-0.2, -0.15) is 8.42 Å². The largest absolute Gasteiger partial charge is 0.423 e. The molecular weight excluding hydrogens is 450 g/mol. The van der Waals surface area contributed by atoms with Gasteiger partial charge in [-0.3, -0.25) is 9.35 Å². The molecule has 2 rings (SSSR count). The minimum atomic E-state index is -3.67. The molecule has 0 saturated carbocycles. The second-order valence-electron chi connectivity index (χ2n) is 8.44. The van der Waals surface area contributed by atoms with Crippen LogP contribution < -0.4 is 14.8 Å². The van der Waals surface area contributed by atoms with E-state index >= 15 is 0 Å². The summed E-state index contributed by atoms with van der Waals surface area (Å²) >= 11 is 0. The van der Waals surface area contributed by atoms with E-state index in [9.17, 15) is 23.1 Å². The highest BCUT2D eigenvalue weighted by atomic mass is 32.2. The monoisotopic (exact) mass is 481 g/mol. The number of esters is 2. The third-order valence-electron chi connectivity index (χ3n) is 3.92. The molecule has 0 unspecified atom stereocenters. The van der Waals surface area contributed by atoms with Crippen LogP contribution in [0.1, 0.15) is 55.3 Å². The standard InChI is InChI=1S/C22H27NO5.CH4O3S/c1-14-6-8-16(9-7-14)21(26)28-19-11-10-17(12-20(19)27-15(2)24)18(25)13-23-22(3,4)5;1-5(2,3)4/h6-12,18,23,25H,13H2,1-5H3;1H3,(H,2,3,4)/t18-;/m0./s1. The first kappa shape index (κ1) is 28.2. The first-order valence-corrected chi connectivity index (χ1v) is 11.9. The number of aliphatic hydroxyl groups excluding tert-OH is 1. The van der Waals surface area contributed by atoms with Gasteiger partial charge in [0.25, 0.3) is 10.1 Å². The van der Waals surface area contributed by atoms with Gasteiger partial charge in [0, 0.05) is 19.0 Å². The number of carbonyl (C=O) groups is 2. The Morgan fingerprint density at radius 3 is 2.06 bits per heavy atom.